The number of hydrogen-bond acceptors (Lipinski definition) is 8. The van der Waals surface area contributed by atoms with E-state index in [1.807, 2.05) is 60.3 Å². The van der Waals surface area contributed by atoms with E-state index in [2.05, 4.69) is 25.3 Å². The number of thiazole rings is 1. The number of nitrogens with zero attached hydrogens (tertiary/aromatic N) is 6. The number of carbonyl (C=O) groups excluding carboxylic acids is 1. The highest BCUT2D eigenvalue weighted by Gasteiger charge is 2.27. The highest BCUT2D eigenvalue weighted by molar-refractivity contribution is 7.13. The second kappa shape index (κ2) is 10.4. The zero-order chi connectivity index (χ0) is 25.1. The summed E-state index contributed by atoms with van der Waals surface area (Å²) in [4.78, 5) is 28.7. The maximum Gasteiger partial charge on any atom is 0.225 e. The number of nitrogens with one attached hydrogen (secondary N) is 1. The lowest BCUT2D eigenvalue weighted by Gasteiger charge is -2.32. The second-order valence-corrected chi connectivity index (χ2v) is 9.81. The molecule has 36 heavy (non-hydrogen) atoms. The molecule has 1 N–H and O–H groups in total. The van der Waals surface area contributed by atoms with Crippen molar-refractivity contribution < 1.29 is 9.53 Å². The van der Waals surface area contributed by atoms with E-state index in [0.29, 0.717) is 13.1 Å². The first-order valence-corrected chi connectivity index (χ1v) is 12.9. The molecule has 1 atom stereocenters. The number of piperidine rings is 1. The van der Waals surface area contributed by atoms with E-state index in [1.54, 1.807) is 24.8 Å². The third-order valence-corrected chi connectivity index (χ3v) is 7.25. The molecule has 1 aromatic carbocycles. The van der Waals surface area contributed by atoms with Crippen molar-refractivity contribution in [3.63, 3.8) is 0 Å². The number of hydrogen-bond donors (Lipinski definition) is 1. The fourth-order valence-electron chi connectivity index (χ4n) is 4.46. The van der Waals surface area contributed by atoms with Crippen molar-refractivity contribution in [3.05, 3.63) is 65.2 Å². The Morgan fingerprint density at radius 2 is 1.97 bits per heavy atom. The fraction of sp³-hybridized carbons (Fsp3) is 0.346. The molecule has 0 bridgehead atoms. The van der Waals surface area contributed by atoms with Crippen LogP contribution in [0.5, 0.6) is 5.75 Å². The smallest absolute Gasteiger partial charge is 0.225 e. The van der Waals surface area contributed by atoms with Crippen LogP contribution in [0.25, 0.3) is 16.4 Å². The molecule has 10 heteroatoms. The van der Waals surface area contributed by atoms with E-state index in [0.717, 1.165) is 64.4 Å². The van der Waals surface area contributed by atoms with Gasteiger partial charge in [0.05, 0.1) is 31.0 Å². The quantitative estimate of drug-likeness (QED) is 0.408. The molecule has 0 saturated carbocycles. The molecular weight excluding hydrogens is 474 g/mol. The monoisotopic (exact) mass is 503 g/mol. The zero-order valence-corrected chi connectivity index (χ0v) is 21.5. The van der Waals surface area contributed by atoms with E-state index in [-0.39, 0.29) is 11.8 Å². The maximum atomic E-state index is 13.0. The zero-order valence-electron chi connectivity index (χ0n) is 20.6. The van der Waals surface area contributed by atoms with Gasteiger partial charge in [-0.3, -0.25) is 4.79 Å². The Morgan fingerprint density at radius 3 is 2.72 bits per heavy atom. The van der Waals surface area contributed by atoms with Gasteiger partial charge in [-0.05, 0) is 57.0 Å². The van der Waals surface area contributed by atoms with E-state index >= 15 is 0 Å². The summed E-state index contributed by atoms with van der Waals surface area (Å²) in [5.41, 5.74) is 3.85. The lowest BCUT2D eigenvalue weighted by atomic mass is 9.97. The van der Waals surface area contributed by atoms with Gasteiger partial charge in [-0.15, -0.1) is 11.3 Å². The number of methoxy groups -OCH3 is 1. The average Bonchev–Trinajstić information content (AvgIpc) is 3.53. The summed E-state index contributed by atoms with van der Waals surface area (Å²) < 4.78 is 7.04. The van der Waals surface area contributed by atoms with E-state index in [9.17, 15) is 4.79 Å². The minimum atomic E-state index is -0.106. The third-order valence-electron chi connectivity index (χ3n) is 6.31. The Bertz CT molecular complexity index is 1350. The molecule has 1 aliphatic heterocycles. The van der Waals surface area contributed by atoms with Crippen molar-refractivity contribution >= 4 is 23.1 Å². The average molecular weight is 504 g/mol. The van der Waals surface area contributed by atoms with Gasteiger partial charge in [0.15, 0.2) is 5.82 Å². The van der Waals surface area contributed by atoms with Crippen molar-refractivity contribution in [2.75, 3.05) is 25.1 Å². The van der Waals surface area contributed by atoms with Crippen LogP contribution in [0.3, 0.4) is 0 Å². The Morgan fingerprint density at radius 1 is 1.17 bits per heavy atom. The van der Waals surface area contributed by atoms with Crippen LogP contribution in [0, 0.1) is 19.8 Å². The number of anilines is 1. The molecule has 1 unspecified atom stereocenters. The number of rotatable bonds is 7. The normalized spacial score (nSPS) is 15.6. The van der Waals surface area contributed by atoms with Crippen LogP contribution >= 0.6 is 11.3 Å². The summed E-state index contributed by atoms with van der Waals surface area (Å²) in [5, 5.41) is 10.5. The van der Waals surface area contributed by atoms with Gasteiger partial charge in [-0.25, -0.2) is 19.6 Å². The third kappa shape index (κ3) is 5.23. The molecule has 4 heterocycles. The van der Waals surface area contributed by atoms with Crippen LogP contribution in [0.2, 0.25) is 0 Å². The maximum absolute atomic E-state index is 13.0. The summed E-state index contributed by atoms with van der Waals surface area (Å²) >= 11 is 1.57. The van der Waals surface area contributed by atoms with Crippen LogP contribution in [0.15, 0.2) is 48.1 Å². The molecule has 1 aliphatic rings. The highest BCUT2D eigenvalue weighted by Crippen LogP contribution is 2.26. The molecule has 0 spiro atoms. The molecular formula is C26H29N7O2S. The Kier molecular flexibility index (Phi) is 6.95. The molecule has 0 radical (unpaired) electrons. The summed E-state index contributed by atoms with van der Waals surface area (Å²) in [5.74, 6) is 2.30. The van der Waals surface area contributed by atoms with Crippen molar-refractivity contribution in [1.29, 1.82) is 0 Å². The number of aryl methyl sites for hydroxylation is 2. The molecule has 4 aromatic rings. The van der Waals surface area contributed by atoms with Crippen LogP contribution in [0.1, 0.15) is 29.9 Å². The Hall–Kier alpha value is -3.79. The van der Waals surface area contributed by atoms with Crippen LogP contribution < -0.4 is 15.0 Å². The first-order valence-electron chi connectivity index (χ1n) is 12.0. The van der Waals surface area contributed by atoms with Gasteiger partial charge in [-0.1, -0.05) is 0 Å². The number of aromatic nitrogens is 5. The van der Waals surface area contributed by atoms with E-state index < -0.39 is 0 Å². The second-order valence-electron chi connectivity index (χ2n) is 8.95. The number of benzene rings is 1. The molecule has 9 nitrogen and oxygen atoms in total. The van der Waals surface area contributed by atoms with Crippen molar-refractivity contribution in [3.8, 4) is 22.1 Å². The van der Waals surface area contributed by atoms with Gasteiger partial charge in [0.1, 0.15) is 22.9 Å². The number of amides is 1. The number of ether oxygens (including phenoxy) is 1. The van der Waals surface area contributed by atoms with Crippen LogP contribution in [0.4, 0.5) is 5.82 Å². The molecule has 3 aromatic heterocycles. The predicted octanol–water partition coefficient (Wildman–Crippen LogP) is 3.94. The summed E-state index contributed by atoms with van der Waals surface area (Å²) in [6.07, 6.45) is 3.34. The molecule has 1 saturated heterocycles. The molecule has 0 aliphatic carbocycles. The van der Waals surface area contributed by atoms with Gasteiger partial charge >= 0.3 is 0 Å². The summed E-state index contributed by atoms with van der Waals surface area (Å²) in [6, 6.07) is 11.8. The van der Waals surface area contributed by atoms with Crippen LogP contribution in [-0.4, -0.2) is 50.8 Å². The van der Waals surface area contributed by atoms with Gasteiger partial charge in [0.25, 0.3) is 0 Å². The predicted molar refractivity (Wildman–Crippen MR) is 140 cm³/mol. The van der Waals surface area contributed by atoms with Crippen molar-refractivity contribution in [2.24, 2.45) is 5.92 Å². The van der Waals surface area contributed by atoms with E-state index in [1.165, 1.54) is 0 Å². The van der Waals surface area contributed by atoms with Gasteiger partial charge < -0.3 is 15.0 Å². The fourth-order valence-corrected chi connectivity index (χ4v) is 5.29. The van der Waals surface area contributed by atoms with Gasteiger partial charge in [0, 0.05) is 35.8 Å². The molecule has 1 fully saturated rings. The first-order chi connectivity index (χ1) is 17.5. The topological polar surface area (TPSA) is 98.1 Å². The standard InChI is InChI=1S/C26H29N7O2S/c1-17-11-18(2)33(31-17)24-12-23(28-16-29-24)32-10-4-5-20(14-32)25(34)27-13-21-15-36-26(30-21)19-6-8-22(35-3)9-7-19/h6-9,11-12,15-16,20H,4-5,10,13-14H2,1-3H3,(H,27,34). The summed E-state index contributed by atoms with van der Waals surface area (Å²) in [6.45, 7) is 5.86. The molecule has 186 valence electrons. The Labute approximate surface area is 214 Å². The van der Waals surface area contributed by atoms with E-state index in [4.69, 9.17) is 9.72 Å². The van der Waals surface area contributed by atoms with Crippen molar-refractivity contribution in [1.82, 2.24) is 30.0 Å². The number of carbonyl (C=O) groups is 1. The highest BCUT2D eigenvalue weighted by atomic mass is 32.1. The first kappa shape index (κ1) is 23.9. The Balaban J connectivity index is 1.20. The minimum Gasteiger partial charge on any atom is -0.497 e. The lowest BCUT2D eigenvalue weighted by Crippen LogP contribution is -2.43. The lowest BCUT2D eigenvalue weighted by molar-refractivity contribution is -0.125. The molecule has 5 rings (SSSR count). The van der Waals surface area contributed by atoms with Crippen LogP contribution in [-0.2, 0) is 11.3 Å². The SMILES string of the molecule is COc1ccc(-c2nc(CNC(=O)C3CCCN(c4cc(-n5nc(C)cc5C)ncn4)C3)cs2)cc1. The van der Waals surface area contributed by atoms with Gasteiger partial charge in [0.2, 0.25) is 5.91 Å². The largest absolute Gasteiger partial charge is 0.497 e. The van der Waals surface area contributed by atoms with Crippen molar-refractivity contribution in [2.45, 2.75) is 33.2 Å². The molecule has 1 amide bonds. The summed E-state index contributed by atoms with van der Waals surface area (Å²) in [7, 11) is 1.65. The van der Waals surface area contributed by atoms with Gasteiger partial charge in [-0.2, -0.15) is 5.10 Å². The minimum absolute atomic E-state index is 0.0477.